The Morgan fingerprint density at radius 3 is 2.52 bits per heavy atom. The van der Waals surface area contributed by atoms with Gasteiger partial charge < -0.3 is 4.90 Å². The fourth-order valence-corrected chi connectivity index (χ4v) is 6.51. The summed E-state index contributed by atoms with van der Waals surface area (Å²) in [5.41, 5.74) is 2.70. The second-order valence-corrected chi connectivity index (χ2v) is 13.5. The Bertz CT molecular complexity index is 1370. The Morgan fingerprint density at radius 2 is 1.85 bits per heavy atom. The van der Waals surface area contributed by atoms with E-state index in [2.05, 4.69) is 24.7 Å². The van der Waals surface area contributed by atoms with Gasteiger partial charge in [0, 0.05) is 25.5 Å². The lowest BCUT2D eigenvalue weighted by atomic mass is 9.77. The van der Waals surface area contributed by atoms with Gasteiger partial charge in [-0.1, -0.05) is 50.1 Å². The fraction of sp³-hybridized carbons (Fsp3) is 0.533. The zero-order chi connectivity index (χ0) is 29.1. The number of halogens is 3. The molecule has 1 aliphatic heterocycles. The van der Waals surface area contributed by atoms with Crippen LogP contribution in [0, 0.1) is 5.92 Å². The molecule has 1 saturated heterocycles. The van der Waals surface area contributed by atoms with Crippen LogP contribution in [0.3, 0.4) is 0 Å². The van der Waals surface area contributed by atoms with Gasteiger partial charge in [-0.2, -0.15) is 23.0 Å². The lowest BCUT2D eigenvalue weighted by molar-refractivity contribution is -0.138. The molecule has 1 aliphatic carbocycles. The Hall–Kier alpha value is -2.88. The minimum Gasteiger partial charge on any atom is -0.323 e. The van der Waals surface area contributed by atoms with E-state index in [1.54, 1.807) is 23.1 Å². The number of hydrogen-bond acceptors (Lipinski definition) is 4. The van der Waals surface area contributed by atoms with E-state index in [0.29, 0.717) is 48.7 Å². The Labute approximate surface area is 234 Å². The summed E-state index contributed by atoms with van der Waals surface area (Å²) in [5.74, 6) is 0.287. The third-order valence-corrected chi connectivity index (χ3v) is 8.86. The van der Waals surface area contributed by atoms with Crippen LogP contribution in [-0.4, -0.2) is 54.2 Å². The van der Waals surface area contributed by atoms with Crippen molar-refractivity contribution in [3.63, 3.8) is 0 Å². The third kappa shape index (κ3) is 7.86. The summed E-state index contributed by atoms with van der Waals surface area (Å²) in [6.07, 6.45) is 6.70. The third-order valence-electron chi connectivity index (χ3n) is 7.99. The Morgan fingerprint density at radius 1 is 1.12 bits per heavy atom. The molecule has 1 saturated carbocycles. The van der Waals surface area contributed by atoms with Gasteiger partial charge in [0.1, 0.15) is 0 Å². The molecule has 0 bridgehead atoms. The molecule has 10 heteroatoms. The quantitative estimate of drug-likeness (QED) is 0.351. The molecule has 0 unspecified atom stereocenters. The van der Waals surface area contributed by atoms with Gasteiger partial charge in [0.25, 0.3) is 0 Å². The first-order chi connectivity index (χ1) is 18.8. The van der Waals surface area contributed by atoms with Gasteiger partial charge in [-0.15, -0.1) is 0 Å². The van der Waals surface area contributed by atoms with Gasteiger partial charge in [-0.05, 0) is 79.2 Å². The zero-order valence-electron chi connectivity index (χ0n) is 23.2. The molecule has 1 amide bonds. The van der Waals surface area contributed by atoms with Crippen LogP contribution >= 0.6 is 0 Å². The number of rotatable bonds is 6. The highest BCUT2D eigenvalue weighted by molar-refractivity contribution is 7.91. The highest BCUT2D eigenvalue weighted by Crippen LogP contribution is 2.42. The number of carbonyl (C=O) groups is 1. The van der Waals surface area contributed by atoms with Gasteiger partial charge in [0.15, 0.2) is 9.84 Å². The van der Waals surface area contributed by atoms with Crippen molar-refractivity contribution in [1.29, 1.82) is 0 Å². The van der Waals surface area contributed by atoms with Crippen LogP contribution in [-0.2, 0) is 22.4 Å². The van der Waals surface area contributed by atoms with Crippen LogP contribution in [0.5, 0.6) is 0 Å². The van der Waals surface area contributed by atoms with Crippen LogP contribution in [0.15, 0.2) is 48.7 Å². The van der Waals surface area contributed by atoms with E-state index in [9.17, 15) is 26.4 Å². The molecule has 218 valence electrons. The minimum atomic E-state index is -4.36. The molecule has 6 nitrogen and oxygen atoms in total. The van der Waals surface area contributed by atoms with Crippen molar-refractivity contribution in [3.8, 4) is 0 Å². The van der Waals surface area contributed by atoms with Gasteiger partial charge >= 0.3 is 12.2 Å². The van der Waals surface area contributed by atoms with Crippen molar-refractivity contribution in [2.75, 3.05) is 25.1 Å². The number of allylic oxidation sites excluding steroid dienone is 1. The molecular weight excluding hydrogens is 539 g/mol. The maximum absolute atomic E-state index is 13.8. The number of aromatic nitrogens is 2. The van der Waals surface area contributed by atoms with Crippen LogP contribution in [0.2, 0.25) is 0 Å². The van der Waals surface area contributed by atoms with Crippen molar-refractivity contribution < 1.29 is 26.4 Å². The van der Waals surface area contributed by atoms with Crippen molar-refractivity contribution in [3.05, 3.63) is 71.1 Å². The smallest absolute Gasteiger partial charge is 0.323 e. The predicted molar refractivity (Wildman–Crippen MR) is 151 cm³/mol. The molecule has 2 aromatic rings. The summed E-state index contributed by atoms with van der Waals surface area (Å²) < 4.78 is 65.7. The average Bonchev–Trinajstić information content (AvgIpc) is 3.26. The number of benzene rings is 1. The summed E-state index contributed by atoms with van der Waals surface area (Å²) in [7, 11) is -3.26. The molecule has 2 heterocycles. The molecule has 1 aromatic heterocycles. The average molecular weight is 578 g/mol. The molecule has 0 atom stereocenters. The van der Waals surface area contributed by atoms with Crippen molar-refractivity contribution in [2.45, 2.75) is 70.4 Å². The van der Waals surface area contributed by atoms with E-state index in [1.165, 1.54) is 22.5 Å². The second kappa shape index (κ2) is 12.3. The second-order valence-electron chi connectivity index (χ2n) is 11.4. The van der Waals surface area contributed by atoms with E-state index in [-0.39, 0.29) is 17.7 Å². The summed E-state index contributed by atoms with van der Waals surface area (Å²) in [6, 6.07) is 5.90. The lowest BCUT2D eigenvalue weighted by Gasteiger charge is -2.29. The van der Waals surface area contributed by atoms with Gasteiger partial charge in [-0.25, -0.2) is 13.2 Å². The molecule has 0 N–H and O–H groups in total. The fourth-order valence-electron chi connectivity index (χ4n) is 5.73. The van der Waals surface area contributed by atoms with Crippen LogP contribution in [0.25, 0.3) is 5.57 Å². The Balaban J connectivity index is 1.40. The number of carbonyl (C=O) groups excluding carboxylic acids is 1. The zero-order valence-corrected chi connectivity index (χ0v) is 24.0. The summed E-state index contributed by atoms with van der Waals surface area (Å²) in [6.45, 7) is 7.00. The number of alkyl halides is 3. The number of hydrogen-bond donors (Lipinski definition) is 0. The first kappa shape index (κ1) is 30.1. The number of sulfone groups is 1. The number of nitrogens with zero attached hydrogens (tertiary/aromatic N) is 3. The predicted octanol–water partition coefficient (Wildman–Crippen LogP) is 6.88. The van der Waals surface area contributed by atoms with E-state index in [4.69, 9.17) is 0 Å². The van der Waals surface area contributed by atoms with Gasteiger partial charge in [-0.3, -0.25) is 0 Å². The van der Waals surface area contributed by atoms with E-state index >= 15 is 0 Å². The monoisotopic (exact) mass is 577 g/mol. The molecule has 2 fully saturated rings. The minimum absolute atomic E-state index is 0.0516. The number of amides is 1. The SMILES string of the molecule is C=C(CS(C)(=O)=O)c1ccn(C(=O)N2CCC/C(=C/Cc3ccc(C(F)(F)F)c(C4CCC(C)CC4)c3)CC2)n1. The number of likely N-dealkylation sites (tertiary alicyclic amines) is 1. The highest BCUT2D eigenvalue weighted by Gasteiger charge is 2.36. The normalized spacial score (nSPS) is 21.8. The van der Waals surface area contributed by atoms with Gasteiger partial charge in [0.05, 0.1) is 17.0 Å². The molecule has 40 heavy (non-hydrogen) atoms. The molecule has 1 aromatic carbocycles. The lowest BCUT2D eigenvalue weighted by Crippen LogP contribution is -2.35. The van der Waals surface area contributed by atoms with E-state index < -0.39 is 21.6 Å². The van der Waals surface area contributed by atoms with Crippen molar-refractivity contribution in [2.24, 2.45) is 5.92 Å². The maximum atomic E-state index is 13.8. The molecule has 0 spiro atoms. The highest BCUT2D eigenvalue weighted by atomic mass is 32.2. The van der Waals surface area contributed by atoms with Gasteiger partial charge in [0.2, 0.25) is 0 Å². The standard InChI is InChI=1S/C30H38F3N3O3S/c1-21-6-11-25(12-7-21)26-19-24(10-13-27(26)30(31,32)33)9-8-23-5-4-16-35(17-14-23)29(37)36-18-15-28(34-36)22(2)20-40(3,38)39/h8,10,13,15,18-19,21,25H,2,4-7,9,11-12,14,16-17,20H2,1,3H3/b23-8-. The van der Waals surface area contributed by atoms with Crippen LogP contribution < -0.4 is 0 Å². The van der Waals surface area contributed by atoms with Crippen molar-refractivity contribution in [1.82, 2.24) is 14.7 Å². The molecule has 2 aliphatic rings. The topological polar surface area (TPSA) is 72.3 Å². The maximum Gasteiger partial charge on any atom is 0.416 e. The first-order valence-corrected chi connectivity index (χ1v) is 15.9. The summed E-state index contributed by atoms with van der Waals surface area (Å²) >= 11 is 0. The van der Waals surface area contributed by atoms with E-state index in [0.717, 1.165) is 50.3 Å². The van der Waals surface area contributed by atoms with Crippen LogP contribution in [0.1, 0.15) is 80.2 Å². The largest absolute Gasteiger partial charge is 0.416 e. The molecule has 0 radical (unpaired) electrons. The van der Waals surface area contributed by atoms with Crippen LogP contribution in [0.4, 0.5) is 18.0 Å². The summed E-state index contributed by atoms with van der Waals surface area (Å²) in [5, 5.41) is 4.24. The first-order valence-electron chi connectivity index (χ1n) is 13.9. The molecule has 4 rings (SSSR count). The Kier molecular flexibility index (Phi) is 9.27. The van der Waals surface area contributed by atoms with E-state index in [1.807, 2.05) is 0 Å². The summed E-state index contributed by atoms with van der Waals surface area (Å²) in [4.78, 5) is 14.8. The molecular formula is C30H38F3N3O3S. The van der Waals surface area contributed by atoms with Crippen molar-refractivity contribution >= 4 is 21.4 Å².